The van der Waals surface area contributed by atoms with Gasteiger partial charge in [-0.15, -0.1) is 11.8 Å². The molecule has 0 amide bonds. The second kappa shape index (κ2) is 10.1. The Labute approximate surface area is 142 Å². The van der Waals surface area contributed by atoms with Gasteiger partial charge in [0.15, 0.2) is 0 Å². The number of halogens is 2. The highest BCUT2D eigenvalue weighted by Gasteiger charge is 2.06. The highest BCUT2D eigenvalue weighted by molar-refractivity contribution is 7.99. The lowest BCUT2D eigenvalue weighted by atomic mass is 10.1. The van der Waals surface area contributed by atoms with Crippen molar-refractivity contribution in [1.29, 1.82) is 0 Å². The summed E-state index contributed by atoms with van der Waals surface area (Å²) in [7, 11) is 0. The van der Waals surface area contributed by atoms with Crippen LogP contribution in [0.5, 0.6) is 0 Å². The molecule has 1 aromatic carbocycles. The van der Waals surface area contributed by atoms with Crippen molar-refractivity contribution < 1.29 is 17.7 Å². The molecule has 114 valence electrons. The van der Waals surface area contributed by atoms with Gasteiger partial charge in [0.2, 0.25) is 0 Å². The maximum atomic E-state index is 5.87. The van der Waals surface area contributed by atoms with E-state index in [2.05, 4.69) is 47.6 Å². The van der Waals surface area contributed by atoms with Crippen molar-refractivity contribution in [2.24, 2.45) is 0 Å². The third-order valence-corrected chi connectivity index (χ3v) is 4.20. The number of pyridine rings is 1. The average Bonchev–Trinajstić information content (AvgIpc) is 2.45. The van der Waals surface area contributed by atoms with Crippen molar-refractivity contribution >= 4 is 23.4 Å². The van der Waals surface area contributed by atoms with Crippen LogP contribution in [0, 0.1) is 0 Å². The Morgan fingerprint density at radius 2 is 1.90 bits per heavy atom. The molecule has 2 aromatic rings. The van der Waals surface area contributed by atoms with Gasteiger partial charge in [-0.25, -0.2) is 4.98 Å². The number of thioether (sulfide) groups is 1. The van der Waals surface area contributed by atoms with E-state index in [-0.39, 0.29) is 12.4 Å². The molecule has 1 heterocycles. The van der Waals surface area contributed by atoms with Crippen LogP contribution in [0.2, 0.25) is 5.15 Å². The molecule has 2 N–H and O–H groups in total. The Kier molecular flexibility index (Phi) is 8.77. The zero-order chi connectivity index (χ0) is 14.2. The molecule has 0 bridgehead atoms. The largest absolute Gasteiger partial charge is 1.00 e. The van der Waals surface area contributed by atoms with Crippen molar-refractivity contribution in [3.63, 3.8) is 0 Å². The van der Waals surface area contributed by atoms with Crippen molar-refractivity contribution in [3.05, 3.63) is 59.2 Å². The van der Waals surface area contributed by atoms with E-state index in [0.29, 0.717) is 11.2 Å². The van der Waals surface area contributed by atoms with E-state index in [0.717, 1.165) is 23.7 Å². The number of rotatable bonds is 7. The maximum Gasteiger partial charge on any atom is 0.130 e. The monoisotopic (exact) mass is 342 g/mol. The van der Waals surface area contributed by atoms with Gasteiger partial charge in [-0.05, 0) is 24.6 Å². The molecular weight excluding hydrogens is 323 g/mol. The summed E-state index contributed by atoms with van der Waals surface area (Å²) in [6.45, 7) is 3.36. The first-order valence-corrected chi connectivity index (χ1v) is 8.23. The normalized spacial score (nSPS) is 11.7. The first-order valence-electron chi connectivity index (χ1n) is 6.86. The lowest BCUT2D eigenvalue weighted by Gasteiger charge is -2.10. The summed E-state index contributed by atoms with van der Waals surface area (Å²) in [6, 6.07) is 17.0. The van der Waals surface area contributed by atoms with E-state index in [1.165, 1.54) is 5.56 Å². The number of nitrogens with zero attached hydrogens (tertiary/aromatic N) is 1. The minimum Gasteiger partial charge on any atom is -1.00 e. The van der Waals surface area contributed by atoms with Crippen LogP contribution in [0.1, 0.15) is 12.5 Å². The summed E-state index contributed by atoms with van der Waals surface area (Å²) >= 11 is 7.62. The summed E-state index contributed by atoms with van der Waals surface area (Å²) in [5.74, 6) is 1.05. The van der Waals surface area contributed by atoms with E-state index in [4.69, 9.17) is 11.6 Å². The standard InChI is InChI=1S/C16H19ClN2S.ClH/c1-13(12-14-6-3-2-4-7-14)18-10-11-20-16-9-5-8-15(17)19-16;/h2-9,13,18H,10-12H2,1H3;1H. The van der Waals surface area contributed by atoms with Crippen LogP contribution < -0.4 is 17.7 Å². The molecule has 1 unspecified atom stereocenters. The fraction of sp³-hybridized carbons (Fsp3) is 0.312. The molecule has 0 saturated carbocycles. The molecular formula is C16H20Cl2N2S. The first-order chi connectivity index (χ1) is 9.74. The fourth-order valence-corrected chi connectivity index (χ4v) is 3.07. The number of benzene rings is 1. The second-order valence-electron chi connectivity index (χ2n) is 4.84. The summed E-state index contributed by atoms with van der Waals surface area (Å²) < 4.78 is 0. The van der Waals surface area contributed by atoms with Gasteiger partial charge in [0, 0.05) is 12.2 Å². The van der Waals surface area contributed by atoms with E-state index in [1.807, 2.05) is 12.1 Å². The lowest BCUT2D eigenvalue weighted by molar-refractivity contribution is -0.682. The topological polar surface area (TPSA) is 29.5 Å². The number of hydrogen-bond acceptors (Lipinski definition) is 2. The van der Waals surface area contributed by atoms with Crippen LogP contribution in [0.15, 0.2) is 53.6 Å². The number of hydrogen-bond donors (Lipinski definition) is 1. The van der Waals surface area contributed by atoms with Gasteiger partial charge in [-0.1, -0.05) is 48.0 Å². The van der Waals surface area contributed by atoms with Crippen LogP contribution >= 0.6 is 23.4 Å². The van der Waals surface area contributed by atoms with Crippen molar-refractivity contribution in [2.75, 3.05) is 12.3 Å². The number of quaternary nitrogens is 1. The molecule has 1 atom stereocenters. The van der Waals surface area contributed by atoms with Crippen LogP contribution in [0.4, 0.5) is 0 Å². The Morgan fingerprint density at radius 1 is 1.14 bits per heavy atom. The molecule has 1 aromatic heterocycles. The molecule has 21 heavy (non-hydrogen) atoms. The third-order valence-electron chi connectivity index (χ3n) is 3.03. The van der Waals surface area contributed by atoms with Crippen LogP contribution in [-0.2, 0) is 6.42 Å². The van der Waals surface area contributed by atoms with E-state index < -0.39 is 0 Å². The quantitative estimate of drug-likeness (QED) is 0.437. The Balaban J connectivity index is 0.00000220. The van der Waals surface area contributed by atoms with Gasteiger partial charge in [0.25, 0.3) is 0 Å². The fourth-order valence-electron chi connectivity index (χ4n) is 2.06. The molecule has 0 fully saturated rings. The van der Waals surface area contributed by atoms with Crippen LogP contribution in [0.25, 0.3) is 0 Å². The van der Waals surface area contributed by atoms with Crippen molar-refractivity contribution in [2.45, 2.75) is 24.4 Å². The minimum absolute atomic E-state index is 0. The molecule has 2 nitrogen and oxygen atoms in total. The number of nitrogens with two attached hydrogens (primary N) is 1. The number of aromatic nitrogens is 1. The molecule has 5 heteroatoms. The summed E-state index contributed by atoms with van der Waals surface area (Å²) in [5, 5.41) is 3.96. The maximum absolute atomic E-state index is 5.87. The molecule has 0 aliphatic rings. The zero-order valence-electron chi connectivity index (χ0n) is 12.0. The summed E-state index contributed by atoms with van der Waals surface area (Å²) in [6.07, 6.45) is 1.11. The predicted octanol–water partition coefficient (Wildman–Crippen LogP) is 0.0257. The molecule has 2 rings (SSSR count). The third kappa shape index (κ3) is 7.18. The molecule has 0 radical (unpaired) electrons. The molecule has 0 aliphatic heterocycles. The lowest BCUT2D eigenvalue weighted by Crippen LogP contribution is -3.00. The second-order valence-corrected chi connectivity index (χ2v) is 6.34. The minimum atomic E-state index is 0. The molecule has 0 saturated heterocycles. The van der Waals surface area contributed by atoms with Gasteiger partial charge in [0.1, 0.15) is 5.15 Å². The highest BCUT2D eigenvalue weighted by atomic mass is 35.5. The zero-order valence-corrected chi connectivity index (χ0v) is 14.3. The van der Waals surface area contributed by atoms with E-state index >= 15 is 0 Å². The molecule has 0 spiro atoms. The van der Waals surface area contributed by atoms with Crippen LogP contribution in [-0.4, -0.2) is 23.3 Å². The summed E-state index contributed by atoms with van der Waals surface area (Å²) in [4.78, 5) is 4.27. The summed E-state index contributed by atoms with van der Waals surface area (Å²) in [5.41, 5.74) is 1.40. The SMILES string of the molecule is CC(Cc1ccccc1)[NH2+]CCSc1cccc(Cl)n1.[Cl-]. The average molecular weight is 343 g/mol. The Hall–Kier alpha value is -0.740. The van der Waals surface area contributed by atoms with Gasteiger partial charge in [-0.3, -0.25) is 0 Å². The Bertz CT molecular complexity index is 523. The highest BCUT2D eigenvalue weighted by Crippen LogP contribution is 2.16. The first kappa shape index (κ1) is 18.3. The van der Waals surface area contributed by atoms with Gasteiger partial charge < -0.3 is 17.7 Å². The van der Waals surface area contributed by atoms with Gasteiger partial charge >= 0.3 is 0 Å². The van der Waals surface area contributed by atoms with E-state index in [9.17, 15) is 0 Å². The van der Waals surface area contributed by atoms with Gasteiger partial charge in [0.05, 0.1) is 17.6 Å². The van der Waals surface area contributed by atoms with Gasteiger partial charge in [-0.2, -0.15) is 0 Å². The Morgan fingerprint density at radius 3 is 2.62 bits per heavy atom. The van der Waals surface area contributed by atoms with E-state index in [1.54, 1.807) is 17.8 Å². The van der Waals surface area contributed by atoms with Crippen molar-refractivity contribution in [3.8, 4) is 0 Å². The molecule has 0 aliphatic carbocycles. The van der Waals surface area contributed by atoms with Crippen molar-refractivity contribution in [1.82, 2.24) is 4.98 Å². The van der Waals surface area contributed by atoms with Crippen LogP contribution in [0.3, 0.4) is 0 Å². The smallest absolute Gasteiger partial charge is 0.130 e. The predicted molar refractivity (Wildman–Crippen MR) is 86.4 cm³/mol.